The summed E-state index contributed by atoms with van der Waals surface area (Å²) in [6.45, 7) is 8.49. The second-order valence-corrected chi connectivity index (χ2v) is 10.7. The Morgan fingerprint density at radius 2 is 1.68 bits per heavy atom. The van der Waals surface area contributed by atoms with Gasteiger partial charge in [0.05, 0.1) is 6.61 Å². The van der Waals surface area contributed by atoms with Gasteiger partial charge in [-0.05, 0) is 72.8 Å². The Balaban J connectivity index is 1.11. The molecule has 208 valence electrons. The van der Waals surface area contributed by atoms with Crippen LogP contribution >= 0.6 is 11.8 Å². The topological polar surface area (TPSA) is 60.0 Å². The summed E-state index contributed by atoms with van der Waals surface area (Å²) in [4.78, 5) is 14.6. The minimum Gasteiger partial charge on any atom is -0.492 e. The first kappa shape index (κ1) is 28.7. The van der Waals surface area contributed by atoms with Gasteiger partial charge in [0.15, 0.2) is 6.10 Å². The van der Waals surface area contributed by atoms with Crippen molar-refractivity contribution in [1.29, 1.82) is 0 Å². The van der Waals surface area contributed by atoms with Gasteiger partial charge in [-0.15, -0.1) is 0 Å². The molecule has 6 nitrogen and oxygen atoms in total. The number of carbonyl (C=O) groups is 1. The lowest BCUT2D eigenvalue weighted by molar-refractivity contribution is -0.156. The minimum absolute atomic E-state index is 0.0779. The maximum Gasteiger partial charge on any atom is 0.446 e. The van der Waals surface area contributed by atoms with Crippen LogP contribution in [0.5, 0.6) is 5.75 Å². The van der Waals surface area contributed by atoms with E-state index in [1.54, 1.807) is 31.2 Å². The van der Waals surface area contributed by atoms with Crippen molar-refractivity contribution < 1.29 is 32.2 Å². The van der Waals surface area contributed by atoms with Gasteiger partial charge in [-0.3, -0.25) is 4.90 Å². The maximum atomic E-state index is 12.5. The standard InChI is InChI=1S/C28H35F3N2O4S/c1-3-35-25(27(34)36-4-2)15-19-5-9-21(10-6-19)37-14-13-32-26-23-17-33(18-24(23)26)16-20-7-11-22(12-8-20)38-28(29,30)31/h5-12,23-26,32H,3-4,13-18H2,1-2H3/t23-,24?,25-,26?/m0/s1. The number of benzene rings is 2. The van der Waals surface area contributed by atoms with Gasteiger partial charge in [0.25, 0.3) is 0 Å². The third-order valence-corrected chi connectivity index (χ3v) is 7.58. The summed E-state index contributed by atoms with van der Waals surface area (Å²) < 4.78 is 54.0. The van der Waals surface area contributed by atoms with Crippen molar-refractivity contribution in [2.45, 2.75) is 49.4 Å². The number of likely N-dealkylation sites (tertiary alicyclic amines) is 1. The second-order valence-electron chi connectivity index (χ2n) is 9.59. The van der Waals surface area contributed by atoms with Gasteiger partial charge in [-0.25, -0.2) is 4.79 Å². The summed E-state index contributed by atoms with van der Waals surface area (Å²) in [6, 6.07) is 14.9. The number of hydrogen-bond acceptors (Lipinski definition) is 7. The molecule has 0 radical (unpaired) electrons. The Morgan fingerprint density at radius 3 is 2.29 bits per heavy atom. The van der Waals surface area contributed by atoms with Crippen molar-refractivity contribution in [3.05, 3.63) is 59.7 Å². The Kier molecular flexibility index (Phi) is 9.97. The molecule has 4 rings (SSSR count). The van der Waals surface area contributed by atoms with Crippen molar-refractivity contribution in [3.63, 3.8) is 0 Å². The van der Waals surface area contributed by atoms with Crippen LogP contribution < -0.4 is 10.1 Å². The van der Waals surface area contributed by atoms with E-state index in [1.165, 1.54) is 0 Å². The molecule has 1 heterocycles. The van der Waals surface area contributed by atoms with E-state index in [0.29, 0.717) is 44.1 Å². The zero-order valence-corrected chi connectivity index (χ0v) is 22.5. The van der Waals surface area contributed by atoms with E-state index in [-0.39, 0.29) is 22.6 Å². The lowest BCUT2D eigenvalue weighted by atomic mass is 10.1. The van der Waals surface area contributed by atoms with Crippen molar-refractivity contribution in [1.82, 2.24) is 10.2 Å². The molecule has 2 aromatic rings. The highest BCUT2D eigenvalue weighted by molar-refractivity contribution is 8.00. The van der Waals surface area contributed by atoms with Crippen molar-refractivity contribution in [3.8, 4) is 5.75 Å². The fourth-order valence-corrected chi connectivity index (χ4v) is 5.62. The molecular formula is C28H35F3N2O4S. The predicted octanol–water partition coefficient (Wildman–Crippen LogP) is 4.91. The normalized spacial score (nSPS) is 21.7. The zero-order chi connectivity index (χ0) is 27.1. The highest BCUT2D eigenvalue weighted by Crippen LogP contribution is 2.45. The van der Waals surface area contributed by atoms with Crippen LogP contribution in [0.15, 0.2) is 53.4 Å². The molecule has 2 unspecified atom stereocenters. The first-order valence-corrected chi connectivity index (χ1v) is 13.9. The highest BCUT2D eigenvalue weighted by atomic mass is 32.2. The van der Waals surface area contributed by atoms with E-state index in [1.807, 2.05) is 31.2 Å². The van der Waals surface area contributed by atoms with Crippen LogP contribution in [0.1, 0.15) is 25.0 Å². The molecule has 10 heteroatoms. The lowest BCUT2D eigenvalue weighted by Crippen LogP contribution is -2.33. The molecule has 0 bridgehead atoms. The molecule has 2 aromatic carbocycles. The second kappa shape index (κ2) is 13.2. The number of piperidine rings is 1. The molecule has 2 aliphatic rings. The van der Waals surface area contributed by atoms with Crippen LogP contribution in [0, 0.1) is 11.8 Å². The zero-order valence-electron chi connectivity index (χ0n) is 21.7. The van der Waals surface area contributed by atoms with Crippen LogP contribution in [0.25, 0.3) is 0 Å². The predicted molar refractivity (Wildman–Crippen MR) is 140 cm³/mol. The minimum atomic E-state index is -4.25. The Morgan fingerprint density at radius 1 is 1.03 bits per heavy atom. The fourth-order valence-electron chi connectivity index (χ4n) is 5.08. The SMILES string of the molecule is CCOC(=O)[C@H](Cc1ccc(OCCNC2C3CN(Cc4ccc(SC(F)(F)F)cc4)C[C@@H]32)cc1)OCC. The fraction of sp³-hybridized carbons (Fsp3) is 0.536. The van der Waals surface area contributed by atoms with Gasteiger partial charge >= 0.3 is 11.5 Å². The first-order valence-electron chi connectivity index (χ1n) is 13.1. The van der Waals surface area contributed by atoms with E-state index in [4.69, 9.17) is 14.2 Å². The van der Waals surface area contributed by atoms with Crippen LogP contribution in [0.4, 0.5) is 13.2 Å². The van der Waals surface area contributed by atoms with Gasteiger partial charge < -0.3 is 19.5 Å². The summed E-state index contributed by atoms with van der Waals surface area (Å²) in [5, 5.41) is 3.59. The molecule has 1 N–H and O–H groups in total. The molecule has 1 saturated carbocycles. The lowest BCUT2D eigenvalue weighted by Gasteiger charge is -2.20. The van der Waals surface area contributed by atoms with Crippen LogP contribution in [-0.2, 0) is 27.2 Å². The average molecular weight is 553 g/mol. The van der Waals surface area contributed by atoms with Crippen molar-refractivity contribution in [2.75, 3.05) is 39.5 Å². The highest BCUT2D eigenvalue weighted by Gasteiger charge is 2.55. The third kappa shape index (κ3) is 8.36. The number of halogens is 3. The molecule has 1 aliphatic heterocycles. The third-order valence-electron chi connectivity index (χ3n) is 6.85. The van der Waals surface area contributed by atoms with Gasteiger partial charge in [-0.2, -0.15) is 13.2 Å². The summed E-state index contributed by atoms with van der Waals surface area (Å²) in [5.74, 6) is 1.67. The van der Waals surface area contributed by atoms with Gasteiger partial charge in [0.1, 0.15) is 12.4 Å². The quantitative estimate of drug-likeness (QED) is 0.203. The van der Waals surface area contributed by atoms with Crippen LogP contribution in [0.3, 0.4) is 0 Å². The molecule has 1 aliphatic carbocycles. The van der Waals surface area contributed by atoms with Crippen LogP contribution in [-0.4, -0.2) is 68.0 Å². The number of thioether (sulfide) groups is 1. The Bertz CT molecular complexity index is 1020. The summed E-state index contributed by atoms with van der Waals surface area (Å²) in [5.41, 5.74) is -2.24. The van der Waals surface area contributed by atoms with Crippen molar-refractivity contribution >= 4 is 17.7 Å². The smallest absolute Gasteiger partial charge is 0.446 e. The van der Waals surface area contributed by atoms with E-state index in [9.17, 15) is 18.0 Å². The molecule has 1 saturated heterocycles. The average Bonchev–Trinajstić information content (AvgIpc) is 3.32. The number of esters is 1. The van der Waals surface area contributed by atoms with Crippen molar-refractivity contribution in [2.24, 2.45) is 11.8 Å². The number of alkyl halides is 3. The number of carbonyl (C=O) groups excluding carboxylic acids is 1. The van der Waals surface area contributed by atoms with Gasteiger partial charge in [0, 0.05) is 50.1 Å². The van der Waals surface area contributed by atoms with Crippen LogP contribution in [0.2, 0.25) is 0 Å². The summed E-state index contributed by atoms with van der Waals surface area (Å²) >= 11 is -0.0779. The van der Waals surface area contributed by atoms with Gasteiger partial charge in [-0.1, -0.05) is 24.3 Å². The summed E-state index contributed by atoms with van der Waals surface area (Å²) in [7, 11) is 0. The monoisotopic (exact) mass is 552 g/mol. The number of nitrogens with zero attached hydrogens (tertiary/aromatic N) is 1. The number of rotatable bonds is 14. The van der Waals surface area contributed by atoms with E-state index < -0.39 is 11.6 Å². The maximum absolute atomic E-state index is 12.5. The Labute approximate surface area is 226 Å². The number of ether oxygens (including phenoxy) is 3. The number of fused-ring (bicyclic) bond motifs is 1. The Hall–Kier alpha value is -2.27. The largest absolute Gasteiger partial charge is 0.492 e. The molecule has 0 amide bonds. The molecule has 4 atom stereocenters. The summed E-state index contributed by atoms with van der Waals surface area (Å²) in [6.07, 6.45) is -0.147. The van der Waals surface area contributed by atoms with E-state index in [0.717, 1.165) is 43.1 Å². The molecular weight excluding hydrogens is 517 g/mol. The van der Waals surface area contributed by atoms with Gasteiger partial charge in [0.2, 0.25) is 0 Å². The number of nitrogens with one attached hydrogen (secondary N) is 1. The van der Waals surface area contributed by atoms with E-state index >= 15 is 0 Å². The first-order chi connectivity index (χ1) is 18.3. The molecule has 0 spiro atoms. The molecule has 2 fully saturated rings. The molecule has 38 heavy (non-hydrogen) atoms. The number of hydrogen-bond donors (Lipinski definition) is 1. The van der Waals surface area contributed by atoms with E-state index in [2.05, 4.69) is 10.2 Å². The molecule has 0 aromatic heterocycles.